The van der Waals surface area contributed by atoms with E-state index in [1.807, 2.05) is 0 Å². The molecule has 0 aromatic carbocycles. The highest BCUT2D eigenvalue weighted by Crippen LogP contribution is 2.16. The molecule has 0 saturated carbocycles. The predicted molar refractivity (Wildman–Crippen MR) is 54.6 cm³/mol. The van der Waals surface area contributed by atoms with Crippen molar-refractivity contribution in [1.29, 1.82) is 0 Å². The smallest absolute Gasteiger partial charge is 0.158 e. The number of allylic oxidation sites excluding steroid dienone is 1. The molecule has 2 heteroatoms. The van der Waals surface area contributed by atoms with E-state index in [0.29, 0.717) is 0 Å². The molecule has 1 fully saturated rings. The lowest BCUT2D eigenvalue weighted by Gasteiger charge is -2.11. The third kappa shape index (κ3) is 3.73. The summed E-state index contributed by atoms with van der Waals surface area (Å²) < 4.78 is 0. The van der Waals surface area contributed by atoms with E-state index >= 15 is 0 Å². The highest BCUT2D eigenvalue weighted by Gasteiger charge is 2.15. The number of ketones is 1. The maximum absolute atomic E-state index is 11.4. The number of rotatable bonds is 2. The number of carbonyl (C=O) groups excluding carboxylic acids is 1. The van der Waals surface area contributed by atoms with Gasteiger partial charge < -0.3 is 5.32 Å². The third-order valence-corrected chi connectivity index (χ3v) is 2.68. The first-order valence-electron chi connectivity index (χ1n) is 5.21. The average Bonchev–Trinajstić information content (AvgIpc) is 2.29. The Kier molecular flexibility index (Phi) is 4.76. The summed E-state index contributed by atoms with van der Waals surface area (Å²) in [7, 11) is 0. The van der Waals surface area contributed by atoms with Crippen LogP contribution in [0.25, 0.3) is 0 Å². The molecular formula is C11H19NO. The van der Waals surface area contributed by atoms with Crippen LogP contribution in [-0.2, 0) is 4.79 Å². The third-order valence-electron chi connectivity index (χ3n) is 2.68. The highest BCUT2D eigenvalue weighted by molar-refractivity contribution is 5.91. The maximum Gasteiger partial charge on any atom is 0.158 e. The van der Waals surface area contributed by atoms with E-state index in [-0.39, 0.29) is 11.7 Å². The van der Waals surface area contributed by atoms with Gasteiger partial charge in [-0.25, -0.2) is 0 Å². The summed E-state index contributed by atoms with van der Waals surface area (Å²) in [5.41, 5.74) is 0. The Morgan fingerprint density at radius 2 is 2.08 bits per heavy atom. The normalized spacial score (nSPS) is 25.4. The van der Waals surface area contributed by atoms with Crippen molar-refractivity contribution in [2.45, 2.75) is 32.1 Å². The van der Waals surface area contributed by atoms with Crippen molar-refractivity contribution in [3.63, 3.8) is 0 Å². The first kappa shape index (κ1) is 10.5. The van der Waals surface area contributed by atoms with E-state index in [2.05, 4.69) is 11.9 Å². The molecule has 0 bridgehead atoms. The highest BCUT2D eigenvalue weighted by atomic mass is 16.1. The van der Waals surface area contributed by atoms with Crippen molar-refractivity contribution in [3.05, 3.63) is 12.7 Å². The summed E-state index contributed by atoms with van der Waals surface area (Å²) in [5, 5.41) is 3.35. The van der Waals surface area contributed by atoms with E-state index in [1.54, 1.807) is 0 Å². The molecule has 0 radical (unpaired) electrons. The molecule has 2 nitrogen and oxygen atoms in total. The van der Waals surface area contributed by atoms with Crippen LogP contribution in [0.2, 0.25) is 0 Å². The second-order valence-corrected chi connectivity index (χ2v) is 3.69. The van der Waals surface area contributed by atoms with E-state index in [1.165, 1.54) is 25.3 Å². The Morgan fingerprint density at radius 1 is 1.23 bits per heavy atom. The first-order valence-corrected chi connectivity index (χ1v) is 5.21. The zero-order valence-corrected chi connectivity index (χ0v) is 8.22. The fourth-order valence-electron chi connectivity index (χ4n) is 1.81. The van der Waals surface area contributed by atoms with Crippen molar-refractivity contribution in [2.24, 2.45) is 5.92 Å². The largest absolute Gasteiger partial charge is 0.317 e. The van der Waals surface area contributed by atoms with E-state index in [9.17, 15) is 4.79 Å². The Labute approximate surface area is 80.4 Å². The van der Waals surface area contributed by atoms with Crippen LogP contribution < -0.4 is 5.32 Å². The van der Waals surface area contributed by atoms with Gasteiger partial charge in [0.25, 0.3) is 0 Å². The minimum absolute atomic E-state index is 0.225. The van der Waals surface area contributed by atoms with E-state index in [4.69, 9.17) is 0 Å². The lowest BCUT2D eigenvalue weighted by Crippen LogP contribution is -2.21. The molecule has 0 aromatic heterocycles. The van der Waals surface area contributed by atoms with Crippen LogP contribution >= 0.6 is 0 Å². The molecule has 1 aliphatic rings. The molecule has 1 unspecified atom stereocenters. The lowest BCUT2D eigenvalue weighted by atomic mass is 9.94. The van der Waals surface area contributed by atoms with Crippen LogP contribution in [0.4, 0.5) is 0 Å². The Hall–Kier alpha value is -0.630. The standard InChI is InChI=1S/C11H19NO/c1-2-11(13)10-6-4-3-5-8-12-9-7-10/h2,10,12H,1,3-9H2. The molecule has 0 amide bonds. The molecule has 0 aliphatic carbocycles. The number of nitrogens with one attached hydrogen (secondary N) is 1. The van der Waals surface area contributed by atoms with Gasteiger partial charge in [-0.15, -0.1) is 0 Å². The zero-order chi connectivity index (χ0) is 9.52. The van der Waals surface area contributed by atoms with Gasteiger partial charge in [-0.05, 0) is 38.4 Å². The van der Waals surface area contributed by atoms with Crippen molar-refractivity contribution in [2.75, 3.05) is 13.1 Å². The summed E-state index contributed by atoms with van der Waals surface area (Å²) in [6, 6.07) is 0. The molecule has 1 rings (SSSR count). The Bertz CT molecular complexity index is 167. The number of carbonyl (C=O) groups is 1. The molecule has 74 valence electrons. The molecule has 1 heterocycles. The second kappa shape index (κ2) is 5.92. The fraction of sp³-hybridized carbons (Fsp3) is 0.727. The minimum Gasteiger partial charge on any atom is -0.317 e. The van der Waals surface area contributed by atoms with Gasteiger partial charge in [-0.1, -0.05) is 19.4 Å². The molecule has 0 aromatic rings. The molecule has 0 spiro atoms. The van der Waals surface area contributed by atoms with Crippen LogP contribution in [0.15, 0.2) is 12.7 Å². The summed E-state index contributed by atoms with van der Waals surface area (Å²) in [5.74, 6) is 0.451. The Morgan fingerprint density at radius 3 is 2.85 bits per heavy atom. The summed E-state index contributed by atoms with van der Waals surface area (Å²) >= 11 is 0. The van der Waals surface area contributed by atoms with Crippen molar-refractivity contribution >= 4 is 5.78 Å². The van der Waals surface area contributed by atoms with Gasteiger partial charge in [0.1, 0.15) is 0 Å². The van der Waals surface area contributed by atoms with Crippen LogP contribution in [0.1, 0.15) is 32.1 Å². The van der Waals surface area contributed by atoms with Gasteiger partial charge in [0, 0.05) is 5.92 Å². The van der Waals surface area contributed by atoms with Gasteiger partial charge in [-0.2, -0.15) is 0 Å². The van der Waals surface area contributed by atoms with E-state index < -0.39 is 0 Å². The lowest BCUT2D eigenvalue weighted by molar-refractivity contribution is -0.118. The minimum atomic E-state index is 0.225. The van der Waals surface area contributed by atoms with Crippen molar-refractivity contribution < 1.29 is 4.79 Å². The van der Waals surface area contributed by atoms with Crippen molar-refractivity contribution in [1.82, 2.24) is 5.32 Å². The SMILES string of the molecule is C=CC(=O)C1CCCCCNCC1. The van der Waals surface area contributed by atoms with E-state index in [0.717, 1.165) is 25.9 Å². The number of hydrogen-bond donors (Lipinski definition) is 1. The zero-order valence-electron chi connectivity index (χ0n) is 8.22. The van der Waals surface area contributed by atoms with Crippen LogP contribution in [-0.4, -0.2) is 18.9 Å². The van der Waals surface area contributed by atoms with Gasteiger partial charge in [0.2, 0.25) is 0 Å². The van der Waals surface area contributed by atoms with Crippen molar-refractivity contribution in [3.8, 4) is 0 Å². The predicted octanol–water partition coefficient (Wildman–Crippen LogP) is 1.91. The second-order valence-electron chi connectivity index (χ2n) is 3.69. The molecule has 1 atom stereocenters. The monoisotopic (exact) mass is 181 g/mol. The van der Waals surface area contributed by atoms with Gasteiger partial charge in [0.15, 0.2) is 5.78 Å². The molecule has 1 saturated heterocycles. The molecule has 13 heavy (non-hydrogen) atoms. The quantitative estimate of drug-likeness (QED) is 0.659. The number of hydrogen-bond acceptors (Lipinski definition) is 2. The molecular weight excluding hydrogens is 162 g/mol. The van der Waals surface area contributed by atoms with Gasteiger partial charge >= 0.3 is 0 Å². The Balaban J connectivity index is 2.40. The fourth-order valence-corrected chi connectivity index (χ4v) is 1.81. The van der Waals surface area contributed by atoms with Crippen LogP contribution in [0.3, 0.4) is 0 Å². The van der Waals surface area contributed by atoms with Gasteiger partial charge in [0.05, 0.1) is 0 Å². The molecule has 1 N–H and O–H groups in total. The topological polar surface area (TPSA) is 29.1 Å². The summed E-state index contributed by atoms with van der Waals surface area (Å²) in [6.07, 6.45) is 7.18. The van der Waals surface area contributed by atoms with Crippen LogP contribution in [0, 0.1) is 5.92 Å². The van der Waals surface area contributed by atoms with Crippen LogP contribution in [0.5, 0.6) is 0 Å². The first-order chi connectivity index (χ1) is 6.34. The average molecular weight is 181 g/mol. The summed E-state index contributed by atoms with van der Waals surface area (Å²) in [4.78, 5) is 11.4. The van der Waals surface area contributed by atoms with Gasteiger partial charge in [-0.3, -0.25) is 4.79 Å². The summed E-state index contributed by atoms with van der Waals surface area (Å²) in [6.45, 7) is 5.63. The maximum atomic E-state index is 11.4. The molecule has 1 aliphatic heterocycles.